The third-order valence-electron chi connectivity index (χ3n) is 3.55. The highest BCUT2D eigenvalue weighted by atomic mass is 32.1. The number of carbonyl (C=O) groups is 1. The third-order valence-corrected chi connectivity index (χ3v) is 4.62. The highest BCUT2D eigenvalue weighted by Crippen LogP contribution is 2.18. The zero-order valence-corrected chi connectivity index (χ0v) is 12.2. The van der Waals surface area contributed by atoms with Crippen molar-refractivity contribution in [2.75, 3.05) is 26.3 Å². The Kier molecular flexibility index (Phi) is 3.31. The molecule has 1 saturated heterocycles. The standard InChI is InChI=1S/C13H15N3O3S/c1-8-9(2)20-13-14-7-10(12(18)16(8)13)11(17)15-3-5-19-6-4-15/h7H,3-6H2,1-2H3. The molecular formula is C13H15N3O3S. The fraction of sp³-hybridized carbons (Fsp3) is 0.462. The Labute approximate surface area is 119 Å². The van der Waals surface area contributed by atoms with E-state index in [0.717, 1.165) is 10.6 Å². The Hall–Kier alpha value is -1.73. The lowest BCUT2D eigenvalue weighted by Gasteiger charge is -2.26. The van der Waals surface area contributed by atoms with Crippen molar-refractivity contribution in [3.05, 3.63) is 32.7 Å². The molecule has 0 spiro atoms. The number of ether oxygens (including phenoxy) is 1. The van der Waals surface area contributed by atoms with Crippen molar-refractivity contribution < 1.29 is 9.53 Å². The Balaban J connectivity index is 2.08. The van der Waals surface area contributed by atoms with Crippen LogP contribution < -0.4 is 5.56 Å². The van der Waals surface area contributed by atoms with Gasteiger partial charge in [-0.25, -0.2) is 4.98 Å². The molecule has 0 aliphatic carbocycles. The summed E-state index contributed by atoms with van der Waals surface area (Å²) < 4.78 is 6.74. The smallest absolute Gasteiger partial charge is 0.271 e. The maximum atomic E-state index is 12.5. The molecule has 0 atom stereocenters. The van der Waals surface area contributed by atoms with Crippen LogP contribution in [0.2, 0.25) is 0 Å². The van der Waals surface area contributed by atoms with Gasteiger partial charge in [0.25, 0.3) is 11.5 Å². The van der Waals surface area contributed by atoms with E-state index in [4.69, 9.17) is 4.74 Å². The van der Waals surface area contributed by atoms with Gasteiger partial charge in [0.2, 0.25) is 0 Å². The van der Waals surface area contributed by atoms with Crippen LogP contribution in [0.3, 0.4) is 0 Å². The number of aromatic nitrogens is 2. The second-order valence-electron chi connectivity index (χ2n) is 4.74. The van der Waals surface area contributed by atoms with Crippen LogP contribution in [0, 0.1) is 13.8 Å². The van der Waals surface area contributed by atoms with Crippen LogP contribution in [-0.2, 0) is 4.74 Å². The van der Waals surface area contributed by atoms with Crippen LogP contribution in [0.5, 0.6) is 0 Å². The van der Waals surface area contributed by atoms with Gasteiger partial charge in [-0.3, -0.25) is 14.0 Å². The third kappa shape index (κ3) is 2.03. The quantitative estimate of drug-likeness (QED) is 0.782. The second kappa shape index (κ2) is 4.99. The van der Waals surface area contributed by atoms with E-state index in [9.17, 15) is 9.59 Å². The molecule has 0 bridgehead atoms. The lowest BCUT2D eigenvalue weighted by atomic mass is 10.2. The predicted molar refractivity (Wildman–Crippen MR) is 75.5 cm³/mol. The molecule has 2 aromatic rings. The van der Waals surface area contributed by atoms with E-state index < -0.39 is 0 Å². The SMILES string of the molecule is Cc1sc2ncc(C(=O)N3CCOCC3)c(=O)n2c1C. The van der Waals surface area contributed by atoms with E-state index in [1.54, 1.807) is 4.90 Å². The lowest BCUT2D eigenvalue weighted by Crippen LogP contribution is -2.43. The molecule has 3 heterocycles. The predicted octanol–water partition coefficient (Wildman–Crippen LogP) is 0.845. The second-order valence-corrected chi connectivity index (χ2v) is 5.92. The van der Waals surface area contributed by atoms with Crippen molar-refractivity contribution in [1.82, 2.24) is 14.3 Å². The number of hydrogen-bond donors (Lipinski definition) is 0. The van der Waals surface area contributed by atoms with Gasteiger partial charge in [-0.15, -0.1) is 11.3 Å². The van der Waals surface area contributed by atoms with Gasteiger partial charge in [-0.2, -0.15) is 0 Å². The first kappa shape index (κ1) is 13.3. The topological polar surface area (TPSA) is 63.9 Å². The fourth-order valence-electron chi connectivity index (χ4n) is 2.26. The summed E-state index contributed by atoms with van der Waals surface area (Å²) >= 11 is 1.46. The van der Waals surface area contributed by atoms with Crippen LogP contribution >= 0.6 is 11.3 Å². The summed E-state index contributed by atoms with van der Waals surface area (Å²) in [5.41, 5.74) is 0.692. The van der Waals surface area contributed by atoms with Crippen LogP contribution in [-0.4, -0.2) is 46.5 Å². The number of carbonyl (C=O) groups excluding carboxylic acids is 1. The van der Waals surface area contributed by atoms with Crippen LogP contribution in [0.1, 0.15) is 20.9 Å². The van der Waals surface area contributed by atoms with E-state index in [1.807, 2.05) is 13.8 Å². The number of rotatable bonds is 1. The van der Waals surface area contributed by atoms with Crippen molar-refractivity contribution >= 4 is 22.2 Å². The Morgan fingerprint density at radius 1 is 1.35 bits per heavy atom. The fourth-order valence-corrected chi connectivity index (χ4v) is 3.19. The molecule has 1 amide bonds. The summed E-state index contributed by atoms with van der Waals surface area (Å²) in [6.07, 6.45) is 1.39. The monoisotopic (exact) mass is 293 g/mol. The number of thiazole rings is 1. The van der Waals surface area contributed by atoms with Gasteiger partial charge < -0.3 is 9.64 Å². The molecule has 2 aromatic heterocycles. The van der Waals surface area contributed by atoms with Crippen molar-refractivity contribution in [2.24, 2.45) is 0 Å². The van der Waals surface area contributed by atoms with Crippen LogP contribution in [0.4, 0.5) is 0 Å². The van der Waals surface area contributed by atoms with E-state index in [2.05, 4.69) is 4.98 Å². The first-order chi connectivity index (χ1) is 9.59. The van der Waals surface area contributed by atoms with E-state index in [0.29, 0.717) is 31.3 Å². The van der Waals surface area contributed by atoms with Crippen molar-refractivity contribution in [3.63, 3.8) is 0 Å². The molecule has 1 fully saturated rings. The average molecular weight is 293 g/mol. The summed E-state index contributed by atoms with van der Waals surface area (Å²) in [6.45, 7) is 5.87. The van der Waals surface area contributed by atoms with Gasteiger partial charge in [-0.1, -0.05) is 0 Å². The molecule has 20 heavy (non-hydrogen) atoms. The molecule has 7 heteroatoms. The summed E-state index contributed by atoms with van der Waals surface area (Å²) in [5, 5.41) is 0. The van der Waals surface area contributed by atoms with E-state index in [1.165, 1.54) is 21.9 Å². The minimum atomic E-state index is -0.284. The van der Waals surface area contributed by atoms with Crippen molar-refractivity contribution in [2.45, 2.75) is 13.8 Å². The molecule has 6 nitrogen and oxygen atoms in total. The lowest BCUT2D eigenvalue weighted by molar-refractivity contribution is 0.0301. The van der Waals surface area contributed by atoms with Crippen LogP contribution in [0.25, 0.3) is 4.96 Å². The van der Waals surface area contributed by atoms with Crippen LogP contribution in [0.15, 0.2) is 11.0 Å². The number of hydrogen-bond acceptors (Lipinski definition) is 5. The maximum absolute atomic E-state index is 12.5. The molecule has 0 unspecified atom stereocenters. The maximum Gasteiger partial charge on any atom is 0.271 e. The minimum absolute atomic E-state index is 0.130. The zero-order valence-electron chi connectivity index (χ0n) is 11.4. The van der Waals surface area contributed by atoms with E-state index in [-0.39, 0.29) is 17.0 Å². The number of nitrogens with zero attached hydrogens (tertiary/aromatic N) is 3. The summed E-state index contributed by atoms with van der Waals surface area (Å²) in [5.74, 6) is -0.261. The summed E-state index contributed by atoms with van der Waals surface area (Å²) in [7, 11) is 0. The first-order valence-electron chi connectivity index (χ1n) is 6.44. The van der Waals surface area contributed by atoms with Crippen molar-refractivity contribution in [1.29, 1.82) is 0 Å². The Morgan fingerprint density at radius 3 is 2.75 bits per heavy atom. The van der Waals surface area contributed by atoms with Gasteiger partial charge in [0.1, 0.15) is 5.56 Å². The highest BCUT2D eigenvalue weighted by molar-refractivity contribution is 7.17. The number of aryl methyl sites for hydroxylation is 2. The largest absolute Gasteiger partial charge is 0.378 e. The molecule has 0 aromatic carbocycles. The first-order valence-corrected chi connectivity index (χ1v) is 7.26. The summed E-state index contributed by atoms with van der Waals surface area (Å²) in [4.78, 5) is 32.4. The Bertz CT molecular complexity index is 728. The van der Waals surface area contributed by atoms with Crippen molar-refractivity contribution in [3.8, 4) is 0 Å². The number of amides is 1. The van der Waals surface area contributed by atoms with Gasteiger partial charge >= 0.3 is 0 Å². The molecule has 0 saturated carbocycles. The molecule has 1 aliphatic heterocycles. The number of fused-ring (bicyclic) bond motifs is 1. The van der Waals surface area contributed by atoms with Gasteiger partial charge in [0.05, 0.1) is 13.2 Å². The summed E-state index contributed by atoms with van der Waals surface area (Å²) in [6, 6.07) is 0. The highest BCUT2D eigenvalue weighted by Gasteiger charge is 2.23. The minimum Gasteiger partial charge on any atom is -0.378 e. The molecule has 0 N–H and O–H groups in total. The molecule has 0 radical (unpaired) electrons. The normalized spacial score (nSPS) is 15.8. The van der Waals surface area contributed by atoms with Gasteiger partial charge in [0.15, 0.2) is 4.96 Å². The molecule has 3 rings (SSSR count). The molecule has 1 aliphatic rings. The zero-order chi connectivity index (χ0) is 14.3. The van der Waals surface area contributed by atoms with Gasteiger partial charge in [-0.05, 0) is 13.8 Å². The number of morpholine rings is 1. The van der Waals surface area contributed by atoms with E-state index >= 15 is 0 Å². The Morgan fingerprint density at radius 2 is 2.05 bits per heavy atom. The molecular weight excluding hydrogens is 278 g/mol. The van der Waals surface area contributed by atoms with Gasteiger partial charge in [0, 0.05) is 29.9 Å². The molecule has 106 valence electrons. The average Bonchev–Trinajstić information content (AvgIpc) is 2.75.